The van der Waals surface area contributed by atoms with Gasteiger partial charge in [0.1, 0.15) is 0 Å². The third-order valence-corrected chi connectivity index (χ3v) is 8.14. The lowest BCUT2D eigenvalue weighted by atomic mass is 9.90. The van der Waals surface area contributed by atoms with Crippen LogP contribution in [0.25, 0.3) is 6.08 Å². The van der Waals surface area contributed by atoms with Gasteiger partial charge in [0.05, 0.1) is 5.56 Å². The van der Waals surface area contributed by atoms with Gasteiger partial charge in [-0.2, -0.15) is 11.3 Å². The van der Waals surface area contributed by atoms with Gasteiger partial charge in [0.25, 0.3) is 5.91 Å². The van der Waals surface area contributed by atoms with Gasteiger partial charge < -0.3 is 9.80 Å². The van der Waals surface area contributed by atoms with Crippen molar-refractivity contribution < 1.29 is 9.59 Å². The molecule has 2 aromatic rings. The van der Waals surface area contributed by atoms with Crippen molar-refractivity contribution in [1.29, 1.82) is 0 Å². The molecule has 1 aromatic carbocycles. The number of amides is 2. The molecule has 5 rings (SSSR count). The number of carbonyl (C=O) groups excluding carboxylic acids is 2. The molecule has 168 valence electrons. The fourth-order valence-corrected chi connectivity index (χ4v) is 5.88. The number of hydrogen-bond acceptors (Lipinski definition) is 4. The Morgan fingerprint density at radius 3 is 2.41 bits per heavy atom. The van der Waals surface area contributed by atoms with Crippen molar-refractivity contribution in [3.63, 3.8) is 0 Å². The highest BCUT2D eigenvalue weighted by atomic mass is 32.1. The zero-order chi connectivity index (χ0) is 22.0. The zero-order valence-corrected chi connectivity index (χ0v) is 19.3. The van der Waals surface area contributed by atoms with Crippen molar-refractivity contribution in [2.45, 2.75) is 19.3 Å². The topological polar surface area (TPSA) is 43.9 Å². The van der Waals surface area contributed by atoms with Crippen LogP contribution in [0.15, 0.2) is 53.2 Å². The van der Waals surface area contributed by atoms with Crippen LogP contribution in [-0.2, 0) is 4.79 Å². The number of carbonyl (C=O) groups is 2. The SMILES string of the molecule is O=C(c1ccsc1)N1CCC2(CC1)C[C@H]2C(=O)N1CCN(C/C=C/c2ccccc2)CC1. The predicted molar refractivity (Wildman–Crippen MR) is 128 cm³/mol. The second kappa shape index (κ2) is 9.20. The molecule has 6 heteroatoms. The predicted octanol–water partition coefficient (Wildman–Crippen LogP) is 3.85. The number of hydrogen-bond donors (Lipinski definition) is 0. The first-order chi connectivity index (χ1) is 15.6. The molecule has 3 aliphatic rings. The summed E-state index contributed by atoms with van der Waals surface area (Å²) in [6.07, 6.45) is 7.31. The molecule has 2 saturated heterocycles. The largest absolute Gasteiger partial charge is 0.340 e. The summed E-state index contributed by atoms with van der Waals surface area (Å²) in [5.74, 6) is 0.662. The Balaban J connectivity index is 1.06. The first-order valence-electron chi connectivity index (χ1n) is 11.7. The summed E-state index contributed by atoms with van der Waals surface area (Å²) in [5.41, 5.74) is 2.17. The van der Waals surface area contributed by atoms with Crippen LogP contribution in [0.3, 0.4) is 0 Å². The molecule has 1 atom stereocenters. The molecule has 3 fully saturated rings. The second-order valence-electron chi connectivity index (χ2n) is 9.36. The van der Waals surface area contributed by atoms with Gasteiger partial charge in [0, 0.05) is 57.1 Å². The van der Waals surface area contributed by atoms with E-state index in [1.807, 2.05) is 27.8 Å². The van der Waals surface area contributed by atoms with Crippen molar-refractivity contribution in [3.8, 4) is 0 Å². The molecule has 2 amide bonds. The Labute approximate surface area is 194 Å². The Hall–Kier alpha value is -2.44. The lowest BCUT2D eigenvalue weighted by Crippen LogP contribution is -2.49. The molecule has 0 N–H and O–H groups in total. The molecule has 1 spiro atoms. The number of nitrogens with zero attached hydrogens (tertiary/aromatic N) is 3. The van der Waals surface area contributed by atoms with Crippen LogP contribution in [0.1, 0.15) is 35.2 Å². The molecular formula is C26H31N3O2S. The van der Waals surface area contributed by atoms with Crippen LogP contribution in [-0.4, -0.2) is 72.3 Å². The van der Waals surface area contributed by atoms with Crippen molar-refractivity contribution >= 4 is 29.2 Å². The van der Waals surface area contributed by atoms with Crippen LogP contribution >= 0.6 is 11.3 Å². The maximum atomic E-state index is 13.2. The Bertz CT molecular complexity index is 956. The summed E-state index contributed by atoms with van der Waals surface area (Å²) in [5, 5.41) is 3.88. The third kappa shape index (κ3) is 4.52. The molecule has 3 heterocycles. The maximum Gasteiger partial charge on any atom is 0.254 e. The second-order valence-corrected chi connectivity index (χ2v) is 10.1. The minimum absolute atomic E-state index is 0.141. The number of piperidine rings is 1. The molecule has 2 aliphatic heterocycles. The van der Waals surface area contributed by atoms with Crippen LogP contribution in [0.5, 0.6) is 0 Å². The Morgan fingerprint density at radius 2 is 1.72 bits per heavy atom. The van der Waals surface area contributed by atoms with Gasteiger partial charge in [-0.15, -0.1) is 0 Å². The van der Waals surface area contributed by atoms with Crippen molar-refractivity contribution in [3.05, 3.63) is 64.4 Å². The van der Waals surface area contributed by atoms with Crippen LogP contribution in [0.4, 0.5) is 0 Å². The fourth-order valence-electron chi connectivity index (χ4n) is 5.25. The van der Waals surface area contributed by atoms with Crippen molar-refractivity contribution in [2.75, 3.05) is 45.8 Å². The van der Waals surface area contributed by atoms with E-state index in [9.17, 15) is 9.59 Å². The van der Waals surface area contributed by atoms with Crippen molar-refractivity contribution in [2.24, 2.45) is 11.3 Å². The van der Waals surface area contributed by atoms with E-state index < -0.39 is 0 Å². The van der Waals surface area contributed by atoms with E-state index in [4.69, 9.17) is 0 Å². The molecule has 0 bridgehead atoms. The quantitative estimate of drug-likeness (QED) is 0.697. The minimum atomic E-state index is 0.141. The van der Waals surface area contributed by atoms with E-state index in [-0.39, 0.29) is 17.2 Å². The molecular weight excluding hydrogens is 418 g/mol. The van der Waals surface area contributed by atoms with Gasteiger partial charge in [0.15, 0.2) is 0 Å². The van der Waals surface area contributed by atoms with Crippen LogP contribution in [0, 0.1) is 11.3 Å². The monoisotopic (exact) mass is 449 g/mol. The molecule has 0 radical (unpaired) electrons. The maximum absolute atomic E-state index is 13.2. The molecule has 0 unspecified atom stereocenters. The van der Waals surface area contributed by atoms with Gasteiger partial charge in [0.2, 0.25) is 5.91 Å². The smallest absolute Gasteiger partial charge is 0.254 e. The summed E-state index contributed by atoms with van der Waals surface area (Å²) in [4.78, 5) is 32.2. The van der Waals surface area contributed by atoms with E-state index in [1.165, 1.54) is 5.56 Å². The van der Waals surface area contributed by atoms with Gasteiger partial charge in [-0.25, -0.2) is 0 Å². The highest BCUT2D eigenvalue weighted by molar-refractivity contribution is 7.08. The van der Waals surface area contributed by atoms with E-state index >= 15 is 0 Å². The average molecular weight is 450 g/mol. The molecule has 1 aromatic heterocycles. The van der Waals surface area contributed by atoms with Crippen LogP contribution < -0.4 is 0 Å². The number of benzene rings is 1. The zero-order valence-electron chi connectivity index (χ0n) is 18.5. The average Bonchev–Trinajstić information content (AvgIpc) is 3.26. The van der Waals surface area contributed by atoms with Gasteiger partial charge in [-0.05, 0) is 41.7 Å². The van der Waals surface area contributed by atoms with Gasteiger partial charge in [-0.1, -0.05) is 42.5 Å². The van der Waals surface area contributed by atoms with E-state index in [0.717, 1.165) is 70.6 Å². The highest BCUT2D eigenvalue weighted by Gasteiger charge is 2.59. The van der Waals surface area contributed by atoms with Crippen LogP contribution in [0.2, 0.25) is 0 Å². The first-order valence-corrected chi connectivity index (χ1v) is 12.6. The first kappa shape index (κ1) is 21.4. The number of thiophene rings is 1. The van der Waals surface area contributed by atoms with Crippen molar-refractivity contribution in [1.82, 2.24) is 14.7 Å². The van der Waals surface area contributed by atoms with Gasteiger partial charge >= 0.3 is 0 Å². The standard InChI is InChI=1S/C26H31N3O2S/c30-24(22-8-18-32-20-22)28-12-9-26(10-13-28)19-23(26)25(31)29-16-14-27(15-17-29)11-4-7-21-5-2-1-3-6-21/h1-8,18,20,23H,9-17,19H2/b7-4+/t23-/m0/s1. The normalized spacial score (nSPS) is 23.1. The van der Waals surface area contributed by atoms with E-state index in [2.05, 4.69) is 46.2 Å². The molecule has 32 heavy (non-hydrogen) atoms. The lowest BCUT2D eigenvalue weighted by Gasteiger charge is -2.36. The lowest BCUT2D eigenvalue weighted by molar-refractivity contribution is -0.135. The summed E-state index contributed by atoms with van der Waals surface area (Å²) >= 11 is 1.56. The number of rotatable bonds is 5. The Morgan fingerprint density at radius 1 is 0.969 bits per heavy atom. The molecule has 5 nitrogen and oxygen atoms in total. The summed E-state index contributed by atoms with van der Waals surface area (Å²) in [6.45, 7) is 6.01. The Kier molecular flexibility index (Phi) is 6.15. The number of likely N-dealkylation sites (tertiary alicyclic amines) is 1. The van der Waals surface area contributed by atoms with E-state index in [0.29, 0.717) is 5.91 Å². The number of piperazine rings is 1. The summed E-state index contributed by atoms with van der Waals surface area (Å²) in [6, 6.07) is 12.3. The highest BCUT2D eigenvalue weighted by Crippen LogP contribution is 2.60. The van der Waals surface area contributed by atoms with Gasteiger partial charge in [-0.3, -0.25) is 14.5 Å². The summed E-state index contributed by atoms with van der Waals surface area (Å²) in [7, 11) is 0. The molecule has 1 saturated carbocycles. The summed E-state index contributed by atoms with van der Waals surface area (Å²) < 4.78 is 0. The fraction of sp³-hybridized carbons (Fsp3) is 0.462. The van der Waals surface area contributed by atoms with E-state index in [1.54, 1.807) is 11.3 Å². The molecule has 1 aliphatic carbocycles. The minimum Gasteiger partial charge on any atom is -0.340 e. The third-order valence-electron chi connectivity index (χ3n) is 7.46.